The summed E-state index contributed by atoms with van der Waals surface area (Å²) in [6.07, 6.45) is 5.49. The second-order valence-electron chi connectivity index (χ2n) is 3.02. The average molecular weight is 160 g/mol. The fourth-order valence-electron chi connectivity index (χ4n) is 1.10. The third-order valence-electron chi connectivity index (χ3n) is 1.84. The van der Waals surface area contributed by atoms with Crippen molar-refractivity contribution in [2.75, 3.05) is 0 Å². The lowest BCUT2D eigenvalue weighted by Crippen LogP contribution is -2.19. The van der Waals surface area contributed by atoms with Gasteiger partial charge in [-0.1, -0.05) is 30.3 Å². The maximum Gasteiger partial charge on any atom is 0.0977 e. The van der Waals surface area contributed by atoms with Crippen molar-refractivity contribution in [1.82, 2.24) is 0 Å². The van der Waals surface area contributed by atoms with Crippen LogP contribution in [0.3, 0.4) is 0 Å². The molecule has 1 N–H and O–H groups in total. The molecule has 62 valence electrons. The molecule has 1 nitrogen and oxygen atoms in total. The molecule has 0 aromatic heterocycles. The Balaban J connectivity index is 2.91. The molecular formula is C11H12O. The molecule has 12 heavy (non-hydrogen) atoms. The average Bonchev–Trinajstić information content (AvgIpc) is 2.06. The highest BCUT2D eigenvalue weighted by Gasteiger charge is 2.20. The van der Waals surface area contributed by atoms with Crippen LogP contribution >= 0.6 is 0 Å². The zero-order valence-corrected chi connectivity index (χ0v) is 7.12. The molecule has 1 heteroatoms. The standard InChI is InChI=1S/C11H12O/c1-3-9-11(2,12)10-7-5-4-6-8-10/h1,4-8,12H,9H2,2H3. The number of hydrogen-bond acceptors (Lipinski definition) is 1. The van der Waals surface area contributed by atoms with E-state index in [0.717, 1.165) is 5.56 Å². The van der Waals surface area contributed by atoms with Gasteiger partial charge in [0, 0.05) is 6.42 Å². The van der Waals surface area contributed by atoms with Gasteiger partial charge >= 0.3 is 0 Å². The molecule has 0 spiro atoms. The minimum atomic E-state index is -0.893. The maximum absolute atomic E-state index is 9.84. The first-order valence-corrected chi connectivity index (χ1v) is 3.88. The van der Waals surface area contributed by atoms with E-state index in [9.17, 15) is 5.11 Å². The van der Waals surface area contributed by atoms with Crippen LogP contribution in [0.25, 0.3) is 0 Å². The van der Waals surface area contributed by atoms with E-state index in [1.54, 1.807) is 6.92 Å². The van der Waals surface area contributed by atoms with Gasteiger partial charge in [0.15, 0.2) is 0 Å². The molecule has 1 aromatic carbocycles. The smallest absolute Gasteiger partial charge is 0.0977 e. The van der Waals surface area contributed by atoms with Crippen LogP contribution in [-0.2, 0) is 5.60 Å². The van der Waals surface area contributed by atoms with Gasteiger partial charge in [-0.15, -0.1) is 12.3 Å². The SMILES string of the molecule is C#CCC(C)(O)c1ccccc1. The molecule has 1 aromatic rings. The molecule has 0 saturated carbocycles. The predicted octanol–water partition coefficient (Wildman–Crippen LogP) is 1.92. The number of rotatable bonds is 2. The summed E-state index contributed by atoms with van der Waals surface area (Å²) in [5.41, 5.74) is -0.0290. The van der Waals surface area contributed by atoms with E-state index in [1.165, 1.54) is 0 Å². The van der Waals surface area contributed by atoms with Crippen LogP contribution in [-0.4, -0.2) is 5.11 Å². The molecular weight excluding hydrogens is 148 g/mol. The Morgan fingerprint density at radius 2 is 2.00 bits per heavy atom. The van der Waals surface area contributed by atoms with Crippen molar-refractivity contribution in [2.24, 2.45) is 0 Å². The van der Waals surface area contributed by atoms with Gasteiger partial charge in [0.25, 0.3) is 0 Å². The molecule has 1 atom stereocenters. The number of aliphatic hydroxyl groups is 1. The fraction of sp³-hybridized carbons (Fsp3) is 0.273. The Labute approximate surface area is 73.0 Å². The molecule has 0 aliphatic rings. The third-order valence-corrected chi connectivity index (χ3v) is 1.84. The van der Waals surface area contributed by atoms with E-state index in [-0.39, 0.29) is 0 Å². The Kier molecular flexibility index (Phi) is 2.52. The van der Waals surface area contributed by atoms with Crippen molar-refractivity contribution in [2.45, 2.75) is 18.9 Å². The van der Waals surface area contributed by atoms with Gasteiger partial charge in [-0.25, -0.2) is 0 Å². The molecule has 0 radical (unpaired) electrons. The Morgan fingerprint density at radius 3 is 2.50 bits per heavy atom. The Bertz CT molecular complexity index is 280. The Morgan fingerprint density at radius 1 is 1.42 bits per heavy atom. The molecule has 0 aliphatic carbocycles. The van der Waals surface area contributed by atoms with Gasteiger partial charge in [-0.2, -0.15) is 0 Å². The van der Waals surface area contributed by atoms with E-state index in [4.69, 9.17) is 6.42 Å². The van der Waals surface area contributed by atoms with Crippen LogP contribution in [0.5, 0.6) is 0 Å². The lowest BCUT2D eigenvalue weighted by Gasteiger charge is -2.20. The molecule has 0 amide bonds. The van der Waals surface area contributed by atoms with Crippen molar-refractivity contribution in [1.29, 1.82) is 0 Å². The van der Waals surface area contributed by atoms with E-state index in [2.05, 4.69) is 5.92 Å². The Hall–Kier alpha value is -1.26. The maximum atomic E-state index is 9.84. The largest absolute Gasteiger partial charge is 0.384 e. The van der Waals surface area contributed by atoms with E-state index >= 15 is 0 Å². The van der Waals surface area contributed by atoms with E-state index < -0.39 is 5.60 Å². The number of benzene rings is 1. The fourth-order valence-corrected chi connectivity index (χ4v) is 1.10. The lowest BCUT2D eigenvalue weighted by atomic mass is 9.93. The number of hydrogen-bond donors (Lipinski definition) is 1. The summed E-state index contributed by atoms with van der Waals surface area (Å²) in [7, 11) is 0. The van der Waals surface area contributed by atoms with Crippen molar-refractivity contribution in [3.8, 4) is 12.3 Å². The highest BCUT2D eigenvalue weighted by Crippen LogP contribution is 2.22. The third kappa shape index (κ3) is 1.87. The van der Waals surface area contributed by atoms with Gasteiger partial charge in [0.05, 0.1) is 5.60 Å². The van der Waals surface area contributed by atoms with Crippen LogP contribution < -0.4 is 0 Å². The molecule has 1 rings (SSSR count). The van der Waals surface area contributed by atoms with Gasteiger partial charge < -0.3 is 5.11 Å². The summed E-state index contributed by atoms with van der Waals surface area (Å²) in [4.78, 5) is 0. The number of terminal acetylenes is 1. The normalized spacial score (nSPS) is 14.8. The predicted molar refractivity (Wildman–Crippen MR) is 49.5 cm³/mol. The first-order chi connectivity index (χ1) is 5.67. The summed E-state index contributed by atoms with van der Waals surface area (Å²) >= 11 is 0. The zero-order chi connectivity index (χ0) is 9.03. The summed E-state index contributed by atoms with van der Waals surface area (Å²) in [5.74, 6) is 2.46. The van der Waals surface area contributed by atoms with Crippen molar-refractivity contribution >= 4 is 0 Å². The van der Waals surface area contributed by atoms with Gasteiger partial charge in [0.1, 0.15) is 0 Å². The van der Waals surface area contributed by atoms with Gasteiger partial charge in [0.2, 0.25) is 0 Å². The molecule has 0 heterocycles. The molecule has 0 aliphatic heterocycles. The molecule has 0 saturated heterocycles. The van der Waals surface area contributed by atoms with Crippen LogP contribution in [0, 0.1) is 12.3 Å². The second-order valence-corrected chi connectivity index (χ2v) is 3.02. The first kappa shape index (κ1) is 8.83. The monoisotopic (exact) mass is 160 g/mol. The summed E-state index contributed by atoms with van der Waals surface area (Å²) in [6.45, 7) is 1.72. The first-order valence-electron chi connectivity index (χ1n) is 3.88. The summed E-state index contributed by atoms with van der Waals surface area (Å²) in [5, 5.41) is 9.84. The van der Waals surface area contributed by atoms with Crippen molar-refractivity contribution in [3.63, 3.8) is 0 Å². The quantitative estimate of drug-likeness (QED) is 0.655. The van der Waals surface area contributed by atoms with Crippen molar-refractivity contribution < 1.29 is 5.11 Å². The van der Waals surface area contributed by atoms with Crippen molar-refractivity contribution in [3.05, 3.63) is 35.9 Å². The highest BCUT2D eigenvalue weighted by atomic mass is 16.3. The van der Waals surface area contributed by atoms with E-state index in [0.29, 0.717) is 6.42 Å². The van der Waals surface area contributed by atoms with Gasteiger partial charge in [-0.3, -0.25) is 0 Å². The van der Waals surface area contributed by atoms with Crippen LogP contribution in [0.15, 0.2) is 30.3 Å². The highest BCUT2D eigenvalue weighted by molar-refractivity contribution is 5.22. The zero-order valence-electron chi connectivity index (χ0n) is 7.12. The summed E-state index contributed by atoms with van der Waals surface area (Å²) < 4.78 is 0. The molecule has 0 bridgehead atoms. The minimum Gasteiger partial charge on any atom is -0.384 e. The lowest BCUT2D eigenvalue weighted by molar-refractivity contribution is 0.0629. The van der Waals surface area contributed by atoms with Crippen LogP contribution in [0.1, 0.15) is 18.9 Å². The summed E-state index contributed by atoms with van der Waals surface area (Å²) in [6, 6.07) is 9.44. The topological polar surface area (TPSA) is 20.2 Å². The van der Waals surface area contributed by atoms with E-state index in [1.807, 2.05) is 30.3 Å². The minimum absolute atomic E-state index is 0.344. The van der Waals surface area contributed by atoms with Gasteiger partial charge in [-0.05, 0) is 12.5 Å². The van der Waals surface area contributed by atoms with Crippen LogP contribution in [0.4, 0.5) is 0 Å². The molecule has 1 unspecified atom stereocenters. The molecule has 0 fully saturated rings. The second kappa shape index (κ2) is 3.42. The van der Waals surface area contributed by atoms with Crippen LogP contribution in [0.2, 0.25) is 0 Å².